The standard InChI is InChI=1S/C63H38/c1-3-16-49(17-4-1)63(50-18-5-2-6-19-50)57-37-46(45-14-9-15-47(36-45)51-30-24-43-22-20-39-10-7-12-41-26-34-55(51)61(43)59(39)41)28-32-53(57)54-33-29-48(38-58(54)63)52-31-25-44-23-21-40-11-8-13-42-27-35-56(52)62(44)60(40)42/h1-38H/i1D,2D,3D,4D,5D,6D,9D,14D,15D,16D,17D,18D,19D,29D,32D,33D,36D,37D,38D. The van der Waals surface area contributed by atoms with Crippen molar-refractivity contribution in [3.8, 4) is 44.5 Å². The Kier molecular flexibility index (Phi) is 4.36. The van der Waals surface area contributed by atoms with Gasteiger partial charge in [-0.3, -0.25) is 0 Å². The Morgan fingerprint density at radius 1 is 0.286 bits per heavy atom. The van der Waals surface area contributed by atoms with Gasteiger partial charge in [-0.25, -0.2) is 0 Å². The second-order valence-electron chi connectivity index (χ2n) is 16.0. The van der Waals surface area contributed by atoms with Crippen molar-refractivity contribution >= 4 is 64.6 Å². The van der Waals surface area contributed by atoms with Crippen LogP contribution in [0.4, 0.5) is 0 Å². The molecule has 0 heterocycles. The zero-order chi connectivity index (χ0) is 57.8. The Morgan fingerprint density at radius 2 is 0.730 bits per heavy atom. The van der Waals surface area contributed by atoms with Crippen molar-refractivity contribution in [3.63, 3.8) is 0 Å². The van der Waals surface area contributed by atoms with Crippen molar-refractivity contribution in [3.05, 3.63) is 252 Å². The maximum Gasteiger partial charge on any atom is 0.0713 e. The third-order valence-corrected chi connectivity index (χ3v) is 12.9. The van der Waals surface area contributed by atoms with E-state index in [9.17, 15) is 23.3 Å². The Hall–Kier alpha value is -8.06. The maximum atomic E-state index is 10.7. The summed E-state index contributed by atoms with van der Waals surface area (Å²) in [5.74, 6) is 0. The molecule has 13 aromatic carbocycles. The summed E-state index contributed by atoms with van der Waals surface area (Å²) in [4.78, 5) is 0. The van der Waals surface area contributed by atoms with Gasteiger partial charge in [0.05, 0.1) is 31.5 Å². The molecule has 0 fully saturated rings. The second-order valence-corrected chi connectivity index (χ2v) is 16.0. The number of rotatable bonds is 5. The lowest BCUT2D eigenvalue weighted by molar-refractivity contribution is 0.769. The Bertz CT molecular complexity index is 4940. The first kappa shape index (κ1) is 21.1. The molecule has 63 heavy (non-hydrogen) atoms. The summed E-state index contributed by atoms with van der Waals surface area (Å²) in [6, 6.07) is 19.9. The smallest absolute Gasteiger partial charge is 0.0622 e. The van der Waals surface area contributed by atoms with Gasteiger partial charge in [0, 0.05) is 0 Å². The van der Waals surface area contributed by atoms with Gasteiger partial charge in [0.1, 0.15) is 0 Å². The third-order valence-electron chi connectivity index (χ3n) is 12.9. The number of hydrogen-bond acceptors (Lipinski definition) is 0. The largest absolute Gasteiger partial charge is 0.0713 e. The molecular formula is C63H38. The molecule has 0 radical (unpaired) electrons. The molecule has 0 aliphatic heterocycles. The quantitative estimate of drug-likeness (QED) is 0.152. The van der Waals surface area contributed by atoms with E-state index in [0.717, 1.165) is 59.9 Å². The zero-order valence-electron chi connectivity index (χ0n) is 52.0. The number of benzene rings is 13. The molecule has 1 aliphatic carbocycles. The monoisotopic (exact) mass is 813 g/mol. The van der Waals surface area contributed by atoms with E-state index in [1.807, 2.05) is 91.0 Å². The van der Waals surface area contributed by atoms with E-state index in [2.05, 4.69) is 0 Å². The second kappa shape index (κ2) is 13.0. The molecule has 0 unspecified atom stereocenters. The first-order valence-electron chi connectivity index (χ1n) is 30.0. The van der Waals surface area contributed by atoms with E-state index in [-0.39, 0.29) is 16.7 Å². The van der Waals surface area contributed by atoms with Gasteiger partial charge in [0.25, 0.3) is 0 Å². The topological polar surface area (TPSA) is 0 Å². The summed E-state index contributed by atoms with van der Waals surface area (Å²) >= 11 is 0. The minimum Gasteiger partial charge on any atom is -0.0622 e. The highest BCUT2D eigenvalue weighted by Gasteiger charge is 2.46. The molecule has 0 spiro atoms. The van der Waals surface area contributed by atoms with Crippen LogP contribution in [0.3, 0.4) is 0 Å². The molecule has 0 aromatic heterocycles. The van der Waals surface area contributed by atoms with E-state index >= 15 is 0 Å². The van der Waals surface area contributed by atoms with Crippen molar-refractivity contribution in [1.82, 2.24) is 0 Å². The van der Waals surface area contributed by atoms with Gasteiger partial charge in [0.15, 0.2) is 0 Å². The lowest BCUT2D eigenvalue weighted by Crippen LogP contribution is -2.28. The van der Waals surface area contributed by atoms with Gasteiger partial charge >= 0.3 is 0 Å². The van der Waals surface area contributed by atoms with Crippen LogP contribution in [0, 0.1) is 0 Å². The van der Waals surface area contributed by atoms with Crippen LogP contribution in [0.1, 0.15) is 48.3 Å². The first-order valence-corrected chi connectivity index (χ1v) is 20.5. The van der Waals surface area contributed by atoms with Crippen molar-refractivity contribution in [2.24, 2.45) is 0 Å². The van der Waals surface area contributed by atoms with E-state index in [0.29, 0.717) is 16.3 Å². The number of fused-ring (bicyclic) bond motifs is 3. The van der Waals surface area contributed by atoms with Gasteiger partial charge in [-0.1, -0.05) is 212 Å². The summed E-state index contributed by atoms with van der Waals surface area (Å²) in [6.07, 6.45) is 0. The predicted octanol–water partition coefficient (Wildman–Crippen LogP) is 16.8. The lowest BCUT2D eigenvalue weighted by Gasteiger charge is -2.34. The normalized spacial score (nSPS) is 17.4. The van der Waals surface area contributed by atoms with E-state index < -0.39 is 165 Å². The first-order chi connectivity index (χ1) is 39.1. The van der Waals surface area contributed by atoms with Crippen molar-refractivity contribution in [1.29, 1.82) is 0 Å². The fourth-order valence-electron chi connectivity index (χ4n) is 10.2. The molecule has 0 bridgehead atoms. The van der Waals surface area contributed by atoms with Crippen LogP contribution in [-0.2, 0) is 5.41 Å². The Morgan fingerprint density at radius 3 is 1.29 bits per heavy atom. The van der Waals surface area contributed by atoms with Crippen LogP contribution in [0.2, 0.25) is 0 Å². The van der Waals surface area contributed by atoms with Crippen LogP contribution < -0.4 is 0 Å². The fourth-order valence-corrected chi connectivity index (χ4v) is 10.2. The average molecular weight is 814 g/mol. The molecule has 0 saturated heterocycles. The summed E-state index contributed by atoms with van der Waals surface area (Å²) in [5.41, 5.74) is -7.18. The van der Waals surface area contributed by atoms with Crippen molar-refractivity contribution in [2.75, 3.05) is 0 Å². The third kappa shape index (κ3) is 4.81. The molecule has 0 amide bonds. The van der Waals surface area contributed by atoms with E-state index in [1.165, 1.54) is 0 Å². The number of hydrogen-bond donors (Lipinski definition) is 0. The van der Waals surface area contributed by atoms with Crippen LogP contribution >= 0.6 is 0 Å². The predicted molar refractivity (Wildman–Crippen MR) is 267 cm³/mol. The Labute approximate surface area is 392 Å². The molecule has 290 valence electrons. The summed E-state index contributed by atoms with van der Waals surface area (Å²) in [6.45, 7) is 0. The van der Waals surface area contributed by atoms with Gasteiger partial charge in [-0.2, -0.15) is 0 Å². The molecular weight excluding hydrogens is 757 g/mol. The summed E-state index contributed by atoms with van der Waals surface area (Å²) in [7, 11) is 0. The van der Waals surface area contributed by atoms with Crippen molar-refractivity contribution in [2.45, 2.75) is 5.41 Å². The highest BCUT2D eigenvalue weighted by molar-refractivity contribution is 6.26. The lowest BCUT2D eigenvalue weighted by atomic mass is 9.67. The van der Waals surface area contributed by atoms with E-state index in [1.54, 1.807) is 18.2 Å². The van der Waals surface area contributed by atoms with Crippen LogP contribution in [0.25, 0.3) is 109 Å². The molecule has 0 N–H and O–H groups in total. The zero-order valence-corrected chi connectivity index (χ0v) is 33.0. The minimum atomic E-state index is -3.01. The minimum absolute atomic E-state index is 0.107. The van der Waals surface area contributed by atoms with Gasteiger partial charge in [0.2, 0.25) is 0 Å². The summed E-state index contributed by atoms with van der Waals surface area (Å²) < 4.78 is 183. The molecule has 13 aromatic rings. The van der Waals surface area contributed by atoms with Crippen molar-refractivity contribution < 1.29 is 26.0 Å². The fraction of sp³-hybridized carbons (Fsp3) is 0.0159. The summed E-state index contributed by atoms with van der Waals surface area (Å²) in [5, 5.41) is 9.82. The molecule has 0 nitrogen and oxygen atoms in total. The highest BCUT2D eigenvalue weighted by Crippen LogP contribution is 2.58. The van der Waals surface area contributed by atoms with Gasteiger partial charge < -0.3 is 0 Å². The van der Waals surface area contributed by atoms with E-state index in [4.69, 9.17) is 2.74 Å². The molecule has 14 rings (SSSR count). The highest BCUT2D eigenvalue weighted by atomic mass is 14.5. The van der Waals surface area contributed by atoms with Crippen LogP contribution in [-0.4, -0.2) is 0 Å². The molecule has 1 aliphatic rings. The molecule has 0 atom stereocenters. The molecule has 0 saturated carbocycles. The molecule has 0 heteroatoms. The Balaban J connectivity index is 1.17. The van der Waals surface area contributed by atoms with Gasteiger partial charge in [-0.05, 0) is 150 Å². The maximum absolute atomic E-state index is 10.7. The van der Waals surface area contributed by atoms with Crippen LogP contribution in [0.15, 0.2) is 230 Å². The SMILES string of the molecule is [2H]c1cc(-c2c([2H])c([2H])c([2H])c(-c3ccc4ccc5cccc6ccc3c4c56)c2[2H])c([2H])c2c1-c1c([2H])c([2H])c(-c3ccc4ccc5cccc6ccc3c4c56)c([2H])c1C2(c1c([2H])c([2H])c([2H])c([2H])c1[2H])c1c([2H])c([2H])c([2H])c([2H])c1[2H]. The van der Waals surface area contributed by atoms with Gasteiger partial charge in [-0.15, -0.1) is 0 Å². The average Bonchev–Trinajstić information content (AvgIpc) is 2.23. The van der Waals surface area contributed by atoms with Crippen LogP contribution in [0.5, 0.6) is 0 Å².